The SMILES string of the molecule is CC(C)=CCC[C@](C)(O[C@@H]1O[C@@H](CO)[C@H](O)[C@H](O)[C@@H]1O)[C@H]1CC[C@]2(C)[C@H]1[C@H](O)C[C@H]1[C@]3(C)CC[C@@H](O)C(C)(C)[C@@H]3[C@H](O[C@H]3O[C@H](CO)[C@@H](O)[C@@H](O)[C@@H]3O[C@@H]3O[C@@H](CO)[C@@H](O)[C@H](O)[C@@H]3O)C[C@@]12C. The van der Waals surface area contributed by atoms with Crippen LogP contribution in [-0.2, 0) is 28.4 Å². The summed E-state index contributed by atoms with van der Waals surface area (Å²) in [6, 6.07) is 0. The van der Waals surface area contributed by atoms with Gasteiger partial charge in [-0.3, -0.25) is 0 Å². The Hall–Kier alpha value is -1.02. The molecule has 0 unspecified atom stereocenters. The first kappa shape index (κ1) is 53.8. The highest BCUT2D eigenvalue weighted by Gasteiger charge is 2.74. The van der Waals surface area contributed by atoms with Gasteiger partial charge in [0.25, 0.3) is 0 Å². The third-order valence-corrected chi connectivity index (χ3v) is 18.7. The van der Waals surface area contributed by atoms with E-state index in [1.807, 2.05) is 34.6 Å². The van der Waals surface area contributed by atoms with Gasteiger partial charge in [-0.05, 0) is 117 Å². The molecule has 0 aromatic carbocycles. The molecule has 19 nitrogen and oxygen atoms in total. The molecule has 0 radical (unpaired) electrons. The molecule has 3 aliphatic heterocycles. The van der Waals surface area contributed by atoms with E-state index in [0.717, 1.165) is 5.57 Å². The first-order chi connectivity index (χ1) is 31.3. The highest BCUT2D eigenvalue weighted by Crippen LogP contribution is 2.76. The van der Waals surface area contributed by atoms with Crippen LogP contribution >= 0.6 is 0 Å². The predicted molar refractivity (Wildman–Crippen MR) is 235 cm³/mol. The Labute approximate surface area is 393 Å². The zero-order chi connectivity index (χ0) is 49.5. The van der Waals surface area contributed by atoms with Gasteiger partial charge in [-0.25, -0.2) is 0 Å². The van der Waals surface area contributed by atoms with Crippen molar-refractivity contribution in [3.05, 3.63) is 11.6 Å². The number of hydrogen-bond donors (Lipinski definition) is 13. The maximum Gasteiger partial charge on any atom is 0.187 e. The molecule has 3 saturated heterocycles. The van der Waals surface area contributed by atoms with E-state index < -0.39 is 163 Å². The van der Waals surface area contributed by atoms with Crippen molar-refractivity contribution in [3.8, 4) is 0 Å². The summed E-state index contributed by atoms with van der Waals surface area (Å²) in [5, 5.41) is 142. The molecule has 4 aliphatic carbocycles. The van der Waals surface area contributed by atoms with Crippen LogP contribution in [0.15, 0.2) is 11.6 Å². The fourth-order valence-corrected chi connectivity index (χ4v) is 14.9. The van der Waals surface area contributed by atoms with E-state index in [4.69, 9.17) is 28.4 Å². The van der Waals surface area contributed by atoms with Crippen molar-refractivity contribution >= 4 is 0 Å². The third-order valence-electron chi connectivity index (χ3n) is 18.7. The van der Waals surface area contributed by atoms with Gasteiger partial charge >= 0.3 is 0 Å². The van der Waals surface area contributed by atoms with E-state index in [1.54, 1.807) is 0 Å². The van der Waals surface area contributed by atoms with Gasteiger partial charge in [0, 0.05) is 0 Å². The van der Waals surface area contributed by atoms with Gasteiger partial charge in [-0.1, -0.05) is 46.3 Å². The summed E-state index contributed by atoms with van der Waals surface area (Å²) >= 11 is 0. The average molecular weight is 963 g/mol. The number of allylic oxidation sites excluding steroid dienone is 2. The molecule has 0 spiro atoms. The van der Waals surface area contributed by atoms with E-state index in [-0.39, 0.29) is 17.8 Å². The maximum absolute atomic E-state index is 12.7. The molecule has 0 amide bonds. The lowest BCUT2D eigenvalue weighted by Gasteiger charge is -2.72. The van der Waals surface area contributed by atoms with Gasteiger partial charge < -0.3 is 94.8 Å². The maximum atomic E-state index is 12.7. The van der Waals surface area contributed by atoms with Crippen LogP contribution in [0.2, 0.25) is 0 Å². The molecular formula is C48H82O19. The molecular weight excluding hydrogens is 881 g/mol. The second-order valence-electron chi connectivity index (χ2n) is 23.1. The predicted octanol–water partition coefficient (Wildman–Crippen LogP) is -1.06. The van der Waals surface area contributed by atoms with Gasteiger partial charge in [0.15, 0.2) is 18.9 Å². The van der Waals surface area contributed by atoms with Crippen LogP contribution in [0.5, 0.6) is 0 Å². The largest absolute Gasteiger partial charge is 0.394 e. The monoisotopic (exact) mass is 963 g/mol. The van der Waals surface area contributed by atoms with Crippen LogP contribution in [-0.4, -0.2) is 202 Å². The van der Waals surface area contributed by atoms with Crippen molar-refractivity contribution in [1.82, 2.24) is 0 Å². The third kappa shape index (κ3) is 9.03. The molecule has 0 aromatic heterocycles. The van der Waals surface area contributed by atoms with E-state index in [9.17, 15) is 66.4 Å². The van der Waals surface area contributed by atoms with E-state index in [0.29, 0.717) is 51.4 Å². The Morgan fingerprint density at radius 2 is 1.18 bits per heavy atom. The first-order valence-electron chi connectivity index (χ1n) is 24.5. The van der Waals surface area contributed by atoms with Crippen molar-refractivity contribution in [3.63, 3.8) is 0 Å². The zero-order valence-corrected chi connectivity index (χ0v) is 40.3. The quantitative estimate of drug-likeness (QED) is 0.0773. The second kappa shape index (κ2) is 19.8. The van der Waals surface area contributed by atoms with Crippen LogP contribution in [0.25, 0.3) is 0 Å². The summed E-state index contributed by atoms with van der Waals surface area (Å²) in [5.41, 5.74) is -2.56. The molecule has 388 valence electrons. The van der Waals surface area contributed by atoms with Gasteiger partial charge in [0.05, 0.1) is 43.7 Å². The van der Waals surface area contributed by atoms with Gasteiger partial charge in [-0.15, -0.1) is 0 Å². The summed E-state index contributed by atoms with van der Waals surface area (Å²) in [6.07, 6.45) is -20.0. The molecule has 26 atom stereocenters. The topological polar surface area (TPSA) is 318 Å². The Balaban J connectivity index is 1.27. The van der Waals surface area contributed by atoms with E-state index >= 15 is 0 Å². The number of aliphatic hydroxyl groups excluding tert-OH is 13. The number of ether oxygens (including phenoxy) is 6. The lowest BCUT2D eigenvalue weighted by Crippen LogP contribution is -2.71. The number of hydrogen-bond acceptors (Lipinski definition) is 19. The molecule has 0 bridgehead atoms. The minimum absolute atomic E-state index is 0.110. The fraction of sp³-hybridized carbons (Fsp3) is 0.958. The van der Waals surface area contributed by atoms with E-state index in [1.165, 1.54) is 0 Å². The molecule has 67 heavy (non-hydrogen) atoms. The van der Waals surface area contributed by atoms with Crippen LogP contribution < -0.4 is 0 Å². The van der Waals surface area contributed by atoms with E-state index in [2.05, 4.69) is 26.8 Å². The van der Waals surface area contributed by atoms with Crippen LogP contribution in [0.3, 0.4) is 0 Å². The summed E-state index contributed by atoms with van der Waals surface area (Å²) in [7, 11) is 0. The number of fused-ring (bicyclic) bond motifs is 5. The van der Waals surface area contributed by atoms with Crippen LogP contribution in [0.4, 0.5) is 0 Å². The standard InChI is InChI=1S/C48H82O19/c1-21(2)10-9-13-48(8,67-42-38(61)35(58)32(55)26(19-50)64-42)22-11-15-46(6)30(22)23(52)16-28-45(5)14-12-29(53)44(3,4)40(45)24(17-47(28,46)7)62-43-39(36(59)33(56)27(20-51)65-43)66-41-37(60)34(57)31(54)25(18-49)63-41/h10,22-43,49-61H,9,11-20H2,1-8H3/t22-,23+,24+,25-,26-,27+,28-,29+,30+,31+,32-,33+,34-,35-,36+,37-,38-,39-,40-,41-,42-,43-,45-,46+,47-,48-/m0/s1. The summed E-state index contributed by atoms with van der Waals surface area (Å²) < 4.78 is 37.9. The Kier molecular flexibility index (Phi) is 15.9. The normalized spacial score (nSPS) is 52.9. The summed E-state index contributed by atoms with van der Waals surface area (Å²) in [4.78, 5) is 0. The second-order valence-corrected chi connectivity index (χ2v) is 23.1. The molecule has 13 N–H and O–H groups in total. The highest BCUT2D eigenvalue weighted by molar-refractivity contribution is 5.22. The molecule has 7 rings (SSSR count). The molecule has 7 aliphatic rings. The Bertz CT molecular complexity index is 1710. The lowest BCUT2D eigenvalue weighted by molar-refractivity contribution is -0.383. The minimum atomic E-state index is -1.86. The lowest BCUT2D eigenvalue weighted by atomic mass is 9.34. The van der Waals surface area contributed by atoms with Gasteiger partial charge in [0.2, 0.25) is 0 Å². The number of aliphatic hydroxyl groups is 13. The van der Waals surface area contributed by atoms with Gasteiger partial charge in [-0.2, -0.15) is 0 Å². The van der Waals surface area contributed by atoms with Crippen molar-refractivity contribution < 1.29 is 94.8 Å². The minimum Gasteiger partial charge on any atom is -0.394 e. The highest BCUT2D eigenvalue weighted by atomic mass is 16.8. The smallest absolute Gasteiger partial charge is 0.187 e. The molecule has 3 heterocycles. The van der Waals surface area contributed by atoms with Gasteiger partial charge in [0.1, 0.15) is 73.2 Å². The zero-order valence-electron chi connectivity index (χ0n) is 40.3. The number of rotatable bonds is 13. The summed E-state index contributed by atoms with van der Waals surface area (Å²) in [6.45, 7) is 14.4. The average Bonchev–Trinajstić information content (AvgIpc) is 3.66. The first-order valence-corrected chi connectivity index (χ1v) is 24.5. The fourth-order valence-electron chi connectivity index (χ4n) is 14.9. The molecule has 4 saturated carbocycles. The Morgan fingerprint density at radius 3 is 1.75 bits per heavy atom. The molecule has 7 fully saturated rings. The van der Waals surface area contributed by atoms with Crippen molar-refractivity contribution in [2.75, 3.05) is 19.8 Å². The summed E-state index contributed by atoms with van der Waals surface area (Å²) in [5.74, 6) is -1.22. The van der Waals surface area contributed by atoms with Crippen molar-refractivity contribution in [2.45, 2.75) is 223 Å². The molecule has 0 aromatic rings. The Morgan fingerprint density at radius 1 is 0.642 bits per heavy atom. The molecule has 19 heteroatoms. The van der Waals surface area contributed by atoms with Crippen molar-refractivity contribution in [2.24, 2.45) is 45.3 Å². The van der Waals surface area contributed by atoms with Crippen LogP contribution in [0, 0.1) is 45.3 Å². The van der Waals surface area contributed by atoms with Crippen LogP contribution in [0.1, 0.15) is 107 Å². The van der Waals surface area contributed by atoms with Crippen molar-refractivity contribution in [1.29, 1.82) is 0 Å².